The van der Waals surface area contributed by atoms with E-state index in [-0.39, 0.29) is 12.0 Å². The van der Waals surface area contributed by atoms with Crippen molar-refractivity contribution in [3.63, 3.8) is 0 Å². The van der Waals surface area contributed by atoms with E-state index >= 15 is 0 Å². The van der Waals surface area contributed by atoms with Gasteiger partial charge in [0.1, 0.15) is 5.82 Å². The third kappa shape index (κ3) is 1.97. The number of benzene rings is 1. The Morgan fingerprint density at radius 1 is 1.56 bits per heavy atom. The maximum absolute atomic E-state index is 11.5. The molecule has 0 radical (unpaired) electrons. The van der Waals surface area contributed by atoms with Crippen molar-refractivity contribution in [2.24, 2.45) is 5.73 Å². The van der Waals surface area contributed by atoms with Crippen LogP contribution in [0.3, 0.4) is 0 Å². The summed E-state index contributed by atoms with van der Waals surface area (Å²) in [6.45, 7) is 4.74. The highest BCUT2D eigenvalue weighted by molar-refractivity contribution is 5.93. The summed E-state index contributed by atoms with van der Waals surface area (Å²) in [5.74, 6) is 0.472. The number of esters is 1. The van der Waals surface area contributed by atoms with Gasteiger partial charge in [-0.15, -0.1) is 0 Å². The number of nitrogens with two attached hydrogens (primary N) is 1. The number of fused-ring (bicyclic) bond motifs is 1. The second kappa shape index (κ2) is 4.78. The fourth-order valence-corrected chi connectivity index (χ4v) is 2.07. The van der Waals surface area contributed by atoms with Crippen molar-refractivity contribution >= 4 is 17.0 Å². The first-order chi connectivity index (χ1) is 8.58. The van der Waals surface area contributed by atoms with Crippen LogP contribution in [0.1, 0.15) is 36.1 Å². The predicted molar refractivity (Wildman–Crippen MR) is 69.3 cm³/mol. The van der Waals surface area contributed by atoms with Gasteiger partial charge in [-0.1, -0.05) is 0 Å². The molecule has 0 unspecified atom stereocenters. The number of hydrogen-bond donors (Lipinski definition) is 1. The van der Waals surface area contributed by atoms with Crippen LogP contribution in [0.5, 0.6) is 0 Å². The first-order valence-electron chi connectivity index (χ1n) is 5.92. The Morgan fingerprint density at radius 3 is 2.83 bits per heavy atom. The summed E-state index contributed by atoms with van der Waals surface area (Å²) in [5.41, 5.74) is 8.16. The Balaban J connectivity index is 2.61. The number of aryl methyl sites for hydroxylation is 1. The lowest BCUT2D eigenvalue weighted by molar-refractivity contribution is 0.0601. The lowest BCUT2D eigenvalue weighted by Gasteiger charge is -2.08. The van der Waals surface area contributed by atoms with Crippen molar-refractivity contribution in [2.45, 2.75) is 26.4 Å². The molecule has 0 bridgehead atoms. The van der Waals surface area contributed by atoms with Crippen LogP contribution in [0.4, 0.5) is 0 Å². The second-order valence-electron chi connectivity index (χ2n) is 4.20. The molecule has 5 nitrogen and oxygen atoms in total. The van der Waals surface area contributed by atoms with Gasteiger partial charge in [0.15, 0.2) is 0 Å². The van der Waals surface area contributed by atoms with E-state index in [2.05, 4.69) is 9.55 Å². The largest absolute Gasteiger partial charge is 0.465 e. The van der Waals surface area contributed by atoms with E-state index in [0.717, 1.165) is 23.4 Å². The summed E-state index contributed by atoms with van der Waals surface area (Å²) in [7, 11) is 1.37. The monoisotopic (exact) mass is 247 g/mol. The fraction of sp³-hybridized carbons (Fsp3) is 0.385. The average Bonchev–Trinajstić information content (AvgIpc) is 2.75. The highest BCUT2D eigenvalue weighted by Gasteiger charge is 2.14. The van der Waals surface area contributed by atoms with E-state index in [1.807, 2.05) is 19.9 Å². The summed E-state index contributed by atoms with van der Waals surface area (Å²) in [6.07, 6.45) is 0. The molecule has 1 atom stereocenters. The second-order valence-corrected chi connectivity index (χ2v) is 4.20. The summed E-state index contributed by atoms with van der Waals surface area (Å²) in [5, 5.41) is 0. The van der Waals surface area contributed by atoms with Crippen LogP contribution in [0.15, 0.2) is 18.2 Å². The molecule has 2 aromatic rings. The first kappa shape index (κ1) is 12.6. The topological polar surface area (TPSA) is 70.1 Å². The van der Waals surface area contributed by atoms with Crippen molar-refractivity contribution in [3.8, 4) is 0 Å². The molecule has 5 heteroatoms. The summed E-state index contributed by atoms with van der Waals surface area (Å²) in [4.78, 5) is 16.0. The minimum absolute atomic E-state index is 0.140. The molecule has 18 heavy (non-hydrogen) atoms. The summed E-state index contributed by atoms with van der Waals surface area (Å²) < 4.78 is 6.75. The molecule has 2 rings (SSSR count). The normalized spacial score (nSPS) is 12.7. The van der Waals surface area contributed by atoms with Gasteiger partial charge >= 0.3 is 5.97 Å². The van der Waals surface area contributed by atoms with Crippen molar-refractivity contribution in [3.05, 3.63) is 29.6 Å². The molecule has 0 aliphatic rings. The Hall–Kier alpha value is -1.88. The molecule has 96 valence electrons. The lowest BCUT2D eigenvalue weighted by atomic mass is 10.2. The first-order valence-corrected chi connectivity index (χ1v) is 5.92. The Kier molecular flexibility index (Phi) is 3.34. The molecule has 0 amide bonds. The van der Waals surface area contributed by atoms with E-state index in [1.54, 1.807) is 12.1 Å². The molecule has 1 aromatic carbocycles. The van der Waals surface area contributed by atoms with Crippen LogP contribution >= 0.6 is 0 Å². The summed E-state index contributed by atoms with van der Waals surface area (Å²) >= 11 is 0. The van der Waals surface area contributed by atoms with Crippen molar-refractivity contribution in [1.29, 1.82) is 0 Å². The van der Waals surface area contributed by atoms with Crippen LogP contribution < -0.4 is 5.73 Å². The zero-order chi connectivity index (χ0) is 13.3. The van der Waals surface area contributed by atoms with Crippen molar-refractivity contribution in [1.82, 2.24) is 9.55 Å². The molecule has 1 heterocycles. The zero-order valence-corrected chi connectivity index (χ0v) is 10.8. The maximum Gasteiger partial charge on any atom is 0.337 e. The number of hydrogen-bond acceptors (Lipinski definition) is 4. The van der Waals surface area contributed by atoms with Gasteiger partial charge in [-0.3, -0.25) is 0 Å². The van der Waals surface area contributed by atoms with Crippen molar-refractivity contribution < 1.29 is 9.53 Å². The van der Waals surface area contributed by atoms with E-state index in [4.69, 9.17) is 10.5 Å². The number of carbonyl (C=O) groups excluding carboxylic acids is 1. The molecular formula is C13H17N3O2. The smallest absolute Gasteiger partial charge is 0.337 e. The number of rotatable bonds is 3. The lowest BCUT2D eigenvalue weighted by Crippen LogP contribution is -2.12. The van der Waals surface area contributed by atoms with Gasteiger partial charge in [0.05, 0.1) is 29.7 Å². The van der Waals surface area contributed by atoms with Crippen LogP contribution in [-0.4, -0.2) is 22.6 Å². The third-order valence-corrected chi connectivity index (χ3v) is 2.92. The Bertz CT molecular complexity index is 587. The van der Waals surface area contributed by atoms with Crippen LogP contribution in [0, 0.1) is 0 Å². The quantitative estimate of drug-likeness (QED) is 0.840. The number of imidazole rings is 1. The van der Waals surface area contributed by atoms with E-state index in [0.29, 0.717) is 5.56 Å². The van der Waals surface area contributed by atoms with Gasteiger partial charge in [-0.25, -0.2) is 9.78 Å². The molecule has 0 saturated carbocycles. The van der Waals surface area contributed by atoms with Crippen LogP contribution in [0.25, 0.3) is 11.0 Å². The number of methoxy groups -OCH3 is 1. The molecule has 0 fully saturated rings. The highest BCUT2D eigenvalue weighted by atomic mass is 16.5. The van der Waals surface area contributed by atoms with Gasteiger partial charge in [0.25, 0.3) is 0 Å². The number of aromatic nitrogens is 2. The SMILES string of the molecule is CCn1c([C@@H](C)N)nc2cc(C(=O)OC)ccc21. The maximum atomic E-state index is 11.5. The van der Waals surface area contributed by atoms with E-state index < -0.39 is 0 Å². The molecule has 0 spiro atoms. The fourth-order valence-electron chi connectivity index (χ4n) is 2.07. The van der Waals surface area contributed by atoms with Gasteiger partial charge in [0, 0.05) is 6.54 Å². The van der Waals surface area contributed by atoms with E-state index in [1.165, 1.54) is 7.11 Å². The molecule has 0 aliphatic carbocycles. The standard InChI is InChI=1S/C13H17N3O2/c1-4-16-11-6-5-9(13(17)18-3)7-10(11)15-12(16)8(2)14/h5-8H,4,14H2,1-3H3/t8-/m1/s1. The Labute approximate surface area is 106 Å². The number of nitrogens with zero attached hydrogens (tertiary/aromatic N) is 2. The average molecular weight is 247 g/mol. The predicted octanol–water partition coefficient (Wildman–Crippen LogP) is 1.86. The van der Waals surface area contributed by atoms with Crippen molar-refractivity contribution in [2.75, 3.05) is 7.11 Å². The minimum atomic E-state index is -0.356. The van der Waals surface area contributed by atoms with Gasteiger partial charge in [0.2, 0.25) is 0 Å². The summed E-state index contributed by atoms with van der Waals surface area (Å²) in [6, 6.07) is 5.22. The minimum Gasteiger partial charge on any atom is -0.465 e. The molecular weight excluding hydrogens is 230 g/mol. The number of ether oxygens (including phenoxy) is 1. The Morgan fingerprint density at radius 2 is 2.28 bits per heavy atom. The zero-order valence-electron chi connectivity index (χ0n) is 10.8. The molecule has 0 aliphatic heterocycles. The molecule has 0 saturated heterocycles. The van der Waals surface area contributed by atoms with Gasteiger partial charge in [-0.2, -0.15) is 0 Å². The van der Waals surface area contributed by atoms with Crippen LogP contribution in [-0.2, 0) is 11.3 Å². The molecule has 1 aromatic heterocycles. The third-order valence-electron chi connectivity index (χ3n) is 2.92. The molecule has 2 N–H and O–H groups in total. The van der Waals surface area contributed by atoms with Gasteiger partial charge < -0.3 is 15.0 Å². The highest BCUT2D eigenvalue weighted by Crippen LogP contribution is 2.21. The van der Waals surface area contributed by atoms with E-state index in [9.17, 15) is 4.79 Å². The van der Waals surface area contributed by atoms with Gasteiger partial charge in [-0.05, 0) is 32.0 Å². The van der Waals surface area contributed by atoms with Crippen LogP contribution in [0.2, 0.25) is 0 Å². The number of carbonyl (C=O) groups is 1.